The largest absolute Gasteiger partial charge is 0.261 e. The van der Waals surface area contributed by atoms with Crippen LogP contribution in [0.1, 0.15) is 5.56 Å². The van der Waals surface area contributed by atoms with E-state index in [0.717, 1.165) is 6.07 Å². The molecule has 0 amide bonds. The molecule has 4 nitrogen and oxygen atoms in total. The summed E-state index contributed by atoms with van der Waals surface area (Å²) in [5, 5.41) is 0. The van der Waals surface area contributed by atoms with Crippen LogP contribution in [-0.2, 0) is 18.1 Å². The van der Waals surface area contributed by atoms with Gasteiger partial charge in [0.05, 0.1) is 9.79 Å². The van der Waals surface area contributed by atoms with Crippen molar-refractivity contribution in [2.45, 2.75) is 16.7 Å². The summed E-state index contributed by atoms with van der Waals surface area (Å²) < 4.78 is 44.0. The molecule has 0 aromatic heterocycles. The Kier molecular flexibility index (Phi) is 3.35. The first-order valence-corrected chi connectivity index (χ1v) is 8.23. The van der Waals surface area contributed by atoms with Gasteiger partial charge in [-0.15, -0.1) is 0 Å². The van der Waals surface area contributed by atoms with Gasteiger partial charge in [-0.05, 0) is 30.7 Å². The molecule has 8 heteroatoms. The molecule has 1 rings (SSSR count). The molecule has 1 aromatic carbocycles. The van der Waals surface area contributed by atoms with Gasteiger partial charge in [-0.2, -0.15) is 0 Å². The smallest absolute Gasteiger partial charge is 0.207 e. The second-order valence-corrected chi connectivity index (χ2v) is 7.99. The van der Waals surface area contributed by atoms with E-state index in [4.69, 9.17) is 21.4 Å². The van der Waals surface area contributed by atoms with Crippen molar-refractivity contribution < 1.29 is 16.8 Å². The Morgan fingerprint density at radius 3 is 1.47 bits per heavy atom. The van der Waals surface area contributed by atoms with Gasteiger partial charge in [-0.25, -0.2) is 16.8 Å². The first kappa shape index (κ1) is 12.8. The summed E-state index contributed by atoms with van der Waals surface area (Å²) >= 11 is 0. The third-order valence-corrected chi connectivity index (χ3v) is 4.25. The second-order valence-electron chi connectivity index (χ2n) is 2.86. The molecule has 0 saturated carbocycles. The third-order valence-electron chi connectivity index (χ3n) is 1.59. The van der Waals surface area contributed by atoms with Gasteiger partial charge in [0.25, 0.3) is 18.1 Å². The molecule has 15 heavy (non-hydrogen) atoms. The van der Waals surface area contributed by atoms with E-state index in [1.807, 2.05) is 0 Å². The summed E-state index contributed by atoms with van der Waals surface area (Å²) in [5.41, 5.74) is 0.441. The molecule has 0 aliphatic rings. The van der Waals surface area contributed by atoms with Crippen molar-refractivity contribution in [3.05, 3.63) is 23.8 Å². The number of hydrogen-bond acceptors (Lipinski definition) is 4. The lowest BCUT2D eigenvalue weighted by molar-refractivity contribution is 0.607. The van der Waals surface area contributed by atoms with E-state index in [1.165, 1.54) is 19.1 Å². The number of benzene rings is 1. The molecule has 1 aromatic rings. The van der Waals surface area contributed by atoms with Gasteiger partial charge in [0.15, 0.2) is 0 Å². The minimum atomic E-state index is -3.96. The van der Waals surface area contributed by atoms with Crippen LogP contribution in [-0.4, -0.2) is 16.8 Å². The summed E-state index contributed by atoms with van der Waals surface area (Å²) in [6.07, 6.45) is 0. The molecule has 0 fully saturated rings. The summed E-state index contributed by atoms with van der Waals surface area (Å²) in [4.78, 5) is -0.577. The standard InChI is InChI=1S/C7H6Cl2O4S2/c1-5-2-6(14(8,10)11)4-7(3-5)15(9,12)13/h2-4H,1H3. The zero-order valence-corrected chi connectivity index (χ0v) is 10.6. The van der Waals surface area contributed by atoms with Gasteiger partial charge in [0.2, 0.25) is 0 Å². The molecular formula is C7H6Cl2O4S2. The van der Waals surface area contributed by atoms with Crippen molar-refractivity contribution in [1.82, 2.24) is 0 Å². The van der Waals surface area contributed by atoms with Crippen LogP contribution in [0.2, 0.25) is 0 Å². The summed E-state index contributed by atoms with van der Waals surface area (Å²) in [7, 11) is 2.26. The number of aryl methyl sites for hydroxylation is 1. The van der Waals surface area contributed by atoms with Crippen LogP contribution in [0.5, 0.6) is 0 Å². The van der Waals surface area contributed by atoms with Crippen LogP contribution in [0, 0.1) is 6.92 Å². The van der Waals surface area contributed by atoms with Gasteiger partial charge in [-0.3, -0.25) is 0 Å². The SMILES string of the molecule is Cc1cc(S(=O)(=O)Cl)cc(S(=O)(=O)Cl)c1. The lowest BCUT2D eigenvalue weighted by Gasteiger charge is -2.02. The molecular weight excluding hydrogens is 283 g/mol. The van der Waals surface area contributed by atoms with Crippen LogP contribution in [0.3, 0.4) is 0 Å². The molecule has 0 bridgehead atoms. The van der Waals surface area contributed by atoms with E-state index in [-0.39, 0.29) is 9.79 Å². The van der Waals surface area contributed by atoms with E-state index in [9.17, 15) is 16.8 Å². The van der Waals surface area contributed by atoms with Crippen molar-refractivity contribution in [1.29, 1.82) is 0 Å². The van der Waals surface area contributed by atoms with Gasteiger partial charge < -0.3 is 0 Å². The first-order valence-electron chi connectivity index (χ1n) is 3.62. The van der Waals surface area contributed by atoms with Crippen LogP contribution >= 0.6 is 21.4 Å². The number of hydrogen-bond donors (Lipinski definition) is 0. The van der Waals surface area contributed by atoms with Crippen molar-refractivity contribution in [2.24, 2.45) is 0 Å². The summed E-state index contributed by atoms with van der Waals surface area (Å²) in [6, 6.07) is 3.43. The van der Waals surface area contributed by atoms with E-state index in [2.05, 4.69) is 0 Å². The molecule has 0 saturated heterocycles. The van der Waals surface area contributed by atoms with Gasteiger partial charge in [0.1, 0.15) is 0 Å². The first-order chi connectivity index (χ1) is 6.60. The number of halogens is 2. The van der Waals surface area contributed by atoms with E-state index in [0.29, 0.717) is 5.56 Å². The molecule has 0 heterocycles. The Morgan fingerprint density at radius 1 is 0.867 bits per heavy atom. The number of rotatable bonds is 2. The maximum atomic E-state index is 11.0. The summed E-state index contributed by atoms with van der Waals surface area (Å²) in [5.74, 6) is 0. The lowest BCUT2D eigenvalue weighted by Crippen LogP contribution is -1.97. The molecule has 0 aliphatic carbocycles. The highest BCUT2D eigenvalue weighted by Crippen LogP contribution is 2.23. The minimum absolute atomic E-state index is 0.289. The fourth-order valence-corrected chi connectivity index (χ4v) is 2.79. The highest BCUT2D eigenvalue weighted by atomic mass is 35.7. The average molecular weight is 289 g/mol. The maximum absolute atomic E-state index is 11.0. The van der Waals surface area contributed by atoms with Crippen molar-refractivity contribution in [3.8, 4) is 0 Å². The fourth-order valence-electron chi connectivity index (χ4n) is 0.996. The molecule has 0 aliphatic heterocycles. The minimum Gasteiger partial charge on any atom is -0.207 e. The Hall–Kier alpha value is -0.300. The average Bonchev–Trinajstić information content (AvgIpc) is 1.99. The van der Waals surface area contributed by atoms with Crippen molar-refractivity contribution >= 4 is 39.5 Å². The Balaban J connectivity index is 3.57. The highest BCUT2D eigenvalue weighted by molar-refractivity contribution is 8.14. The third kappa shape index (κ3) is 3.34. The van der Waals surface area contributed by atoms with E-state index in [1.54, 1.807) is 0 Å². The zero-order valence-electron chi connectivity index (χ0n) is 7.44. The topological polar surface area (TPSA) is 68.3 Å². The molecule has 0 N–H and O–H groups in total. The van der Waals surface area contributed by atoms with Gasteiger partial charge >= 0.3 is 0 Å². The van der Waals surface area contributed by atoms with Crippen LogP contribution in [0.25, 0.3) is 0 Å². The predicted octanol–water partition coefficient (Wildman–Crippen LogP) is 1.85. The Labute approximate surface area is 96.7 Å². The Bertz CT molecular complexity index is 539. The molecule has 84 valence electrons. The molecule has 0 unspecified atom stereocenters. The lowest BCUT2D eigenvalue weighted by atomic mass is 10.2. The van der Waals surface area contributed by atoms with Crippen molar-refractivity contribution in [3.63, 3.8) is 0 Å². The molecule has 0 radical (unpaired) electrons. The van der Waals surface area contributed by atoms with Crippen molar-refractivity contribution in [2.75, 3.05) is 0 Å². The van der Waals surface area contributed by atoms with Gasteiger partial charge in [0, 0.05) is 21.4 Å². The molecule has 0 spiro atoms. The van der Waals surface area contributed by atoms with Crippen LogP contribution in [0.15, 0.2) is 28.0 Å². The quantitative estimate of drug-likeness (QED) is 0.779. The van der Waals surface area contributed by atoms with E-state index < -0.39 is 18.1 Å². The predicted molar refractivity (Wildman–Crippen MR) is 57.3 cm³/mol. The molecule has 0 atom stereocenters. The van der Waals surface area contributed by atoms with Crippen LogP contribution < -0.4 is 0 Å². The van der Waals surface area contributed by atoms with Crippen LogP contribution in [0.4, 0.5) is 0 Å². The second kappa shape index (κ2) is 3.93. The maximum Gasteiger partial charge on any atom is 0.261 e. The van der Waals surface area contributed by atoms with Gasteiger partial charge in [-0.1, -0.05) is 0 Å². The Morgan fingerprint density at radius 2 is 1.20 bits per heavy atom. The monoisotopic (exact) mass is 288 g/mol. The van der Waals surface area contributed by atoms with E-state index >= 15 is 0 Å². The fraction of sp³-hybridized carbons (Fsp3) is 0.143. The summed E-state index contributed by atoms with van der Waals surface area (Å²) in [6.45, 7) is 1.54. The zero-order chi connectivity index (χ0) is 11.9. The highest BCUT2D eigenvalue weighted by Gasteiger charge is 2.17. The normalized spacial score (nSPS) is 12.7.